The fourth-order valence-electron chi connectivity index (χ4n) is 1.76. The van der Waals surface area contributed by atoms with E-state index in [1.807, 2.05) is 31.2 Å². The summed E-state index contributed by atoms with van der Waals surface area (Å²) in [7, 11) is 0. The van der Waals surface area contributed by atoms with E-state index in [0.717, 1.165) is 11.1 Å². The van der Waals surface area contributed by atoms with Gasteiger partial charge < -0.3 is 5.32 Å². The van der Waals surface area contributed by atoms with Gasteiger partial charge in [-0.3, -0.25) is 9.78 Å². The molecule has 0 bridgehead atoms. The lowest BCUT2D eigenvalue weighted by atomic mass is 10.0. The fourth-order valence-corrected chi connectivity index (χ4v) is 1.76. The zero-order valence-corrected chi connectivity index (χ0v) is 9.93. The van der Waals surface area contributed by atoms with Crippen LogP contribution in [0.15, 0.2) is 42.7 Å². The first-order valence-electron chi connectivity index (χ1n) is 5.62. The Kier molecular flexibility index (Phi) is 3.67. The summed E-state index contributed by atoms with van der Waals surface area (Å²) in [5.41, 5.74) is 2.28. The minimum Gasteiger partial charge on any atom is -0.352 e. The van der Waals surface area contributed by atoms with Crippen LogP contribution in [0, 0.1) is 5.82 Å². The molecule has 0 aliphatic carbocycles. The minimum atomic E-state index is -0.343. The molecule has 2 rings (SSSR count). The molecule has 1 aromatic heterocycles. The smallest absolute Gasteiger partial charge is 0.207 e. The molecule has 1 N–H and O–H groups in total. The van der Waals surface area contributed by atoms with Crippen molar-refractivity contribution in [1.82, 2.24) is 10.3 Å². The Morgan fingerprint density at radius 1 is 1.28 bits per heavy atom. The third-order valence-corrected chi connectivity index (χ3v) is 2.81. The van der Waals surface area contributed by atoms with Gasteiger partial charge in [-0.05, 0) is 24.1 Å². The molecule has 0 spiro atoms. The van der Waals surface area contributed by atoms with Crippen molar-refractivity contribution in [3.05, 3.63) is 54.1 Å². The highest BCUT2D eigenvalue weighted by molar-refractivity contribution is 5.63. The van der Waals surface area contributed by atoms with Gasteiger partial charge in [0.25, 0.3) is 0 Å². The number of hydrogen-bond donors (Lipinski definition) is 1. The Balaban J connectivity index is 2.28. The van der Waals surface area contributed by atoms with E-state index in [2.05, 4.69) is 10.3 Å². The average Bonchev–Trinajstić information content (AvgIpc) is 2.40. The summed E-state index contributed by atoms with van der Waals surface area (Å²) in [6, 6.07) is 8.98. The summed E-state index contributed by atoms with van der Waals surface area (Å²) in [4.78, 5) is 14.1. The summed E-state index contributed by atoms with van der Waals surface area (Å²) in [6.07, 6.45) is 3.42. The summed E-state index contributed by atoms with van der Waals surface area (Å²) in [5, 5.41) is 2.67. The lowest BCUT2D eigenvalue weighted by Crippen LogP contribution is -2.15. The standard InChI is InChI=1S/C14H13FN2O/c1-10(17-9-18)11-2-4-12(5-3-11)13-6-7-16-8-14(13)15/h2-10H,1H3,(H,17,18). The lowest BCUT2D eigenvalue weighted by Gasteiger charge is -2.11. The number of hydrogen-bond acceptors (Lipinski definition) is 2. The van der Waals surface area contributed by atoms with Crippen molar-refractivity contribution < 1.29 is 9.18 Å². The average molecular weight is 244 g/mol. The van der Waals surface area contributed by atoms with Crippen LogP contribution in [0.25, 0.3) is 11.1 Å². The summed E-state index contributed by atoms with van der Waals surface area (Å²) < 4.78 is 13.5. The van der Waals surface area contributed by atoms with Gasteiger partial charge in [0, 0.05) is 11.8 Å². The topological polar surface area (TPSA) is 42.0 Å². The molecule has 1 unspecified atom stereocenters. The highest BCUT2D eigenvalue weighted by Crippen LogP contribution is 2.23. The Hall–Kier alpha value is -2.23. The van der Waals surface area contributed by atoms with E-state index in [1.54, 1.807) is 12.3 Å². The molecule has 4 heteroatoms. The van der Waals surface area contributed by atoms with Crippen LogP contribution in [0.2, 0.25) is 0 Å². The fraction of sp³-hybridized carbons (Fsp3) is 0.143. The highest BCUT2D eigenvalue weighted by atomic mass is 19.1. The first kappa shape index (κ1) is 12.2. The number of nitrogens with zero attached hydrogens (tertiary/aromatic N) is 1. The summed E-state index contributed by atoms with van der Waals surface area (Å²) in [5.74, 6) is -0.343. The predicted octanol–water partition coefficient (Wildman–Crippen LogP) is 2.69. The van der Waals surface area contributed by atoms with Gasteiger partial charge in [0.15, 0.2) is 0 Å². The molecule has 1 heterocycles. The van der Waals surface area contributed by atoms with Crippen LogP contribution in [-0.4, -0.2) is 11.4 Å². The van der Waals surface area contributed by atoms with Crippen LogP contribution in [0.4, 0.5) is 4.39 Å². The molecule has 0 fully saturated rings. The number of carbonyl (C=O) groups excluding carboxylic acids is 1. The number of nitrogens with one attached hydrogen (secondary N) is 1. The molecule has 1 aromatic carbocycles. The van der Waals surface area contributed by atoms with Crippen molar-refractivity contribution in [3.63, 3.8) is 0 Å². The molecule has 92 valence electrons. The largest absolute Gasteiger partial charge is 0.352 e. The molecule has 1 atom stereocenters. The van der Waals surface area contributed by atoms with Gasteiger partial charge in [0.1, 0.15) is 5.82 Å². The maximum absolute atomic E-state index is 13.5. The van der Waals surface area contributed by atoms with Crippen LogP contribution >= 0.6 is 0 Å². The van der Waals surface area contributed by atoms with Gasteiger partial charge in [-0.25, -0.2) is 4.39 Å². The first-order valence-corrected chi connectivity index (χ1v) is 5.62. The monoisotopic (exact) mass is 244 g/mol. The number of pyridine rings is 1. The van der Waals surface area contributed by atoms with Gasteiger partial charge in [-0.15, -0.1) is 0 Å². The SMILES string of the molecule is CC(NC=O)c1ccc(-c2ccncc2F)cc1. The van der Waals surface area contributed by atoms with Crippen LogP contribution in [0.5, 0.6) is 0 Å². The van der Waals surface area contributed by atoms with Crippen LogP contribution < -0.4 is 5.32 Å². The second-order valence-electron chi connectivity index (χ2n) is 3.98. The van der Waals surface area contributed by atoms with E-state index in [-0.39, 0.29) is 11.9 Å². The van der Waals surface area contributed by atoms with Crippen molar-refractivity contribution in [3.8, 4) is 11.1 Å². The minimum absolute atomic E-state index is 0.0566. The zero-order chi connectivity index (χ0) is 13.0. The van der Waals surface area contributed by atoms with E-state index >= 15 is 0 Å². The molecule has 0 saturated heterocycles. The van der Waals surface area contributed by atoms with E-state index in [1.165, 1.54) is 6.20 Å². The maximum atomic E-state index is 13.5. The van der Waals surface area contributed by atoms with Crippen molar-refractivity contribution >= 4 is 6.41 Å². The Morgan fingerprint density at radius 2 is 2.00 bits per heavy atom. The maximum Gasteiger partial charge on any atom is 0.207 e. The molecular formula is C14H13FN2O. The Bertz CT molecular complexity index is 540. The third kappa shape index (κ3) is 2.53. The van der Waals surface area contributed by atoms with Gasteiger partial charge in [-0.1, -0.05) is 24.3 Å². The van der Waals surface area contributed by atoms with E-state index in [4.69, 9.17) is 0 Å². The first-order chi connectivity index (χ1) is 8.72. The van der Waals surface area contributed by atoms with Crippen molar-refractivity contribution in [2.75, 3.05) is 0 Å². The second-order valence-corrected chi connectivity index (χ2v) is 3.98. The van der Waals surface area contributed by atoms with Gasteiger partial charge in [-0.2, -0.15) is 0 Å². The van der Waals surface area contributed by atoms with E-state index in [0.29, 0.717) is 12.0 Å². The Labute approximate surface area is 105 Å². The molecule has 2 aromatic rings. The molecule has 0 radical (unpaired) electrons. The lowest BCUT2D eigenvalue weighted by molar-refractivity contribution is -0.110. The normalized spacial score (nSPS) is 11.9. The van der Waals surface area contributed by atoms with Crippen molar-refractivity contribution in [2.45, 2.75) is 13.0 Å². The summed E-state index contributed by atoms with van der Waals surface area (Å²) in [6.45, 7) is 1.89. The Morgan fingerprint density at radius 3 is 2.61 bits per heavy atom. The number of amides is 1. The van der Waals surface area contributed by atoms with Crippen molar-refractivity contribution in [2.24, 2.45) is 0 Å². The number of benzene rings is 1. The zero-order valence-electron chi connectivity index (χ0n) is 9.93. The molecule has 1 amide bonds. The number of rotatable bonds is 4. The molecule has 0 aliphatic heterocycles. The van der Waals surface area contributed by atoms with Gasteiger partial charge in [0.05, 0.1) is 12.2 Å². The summed E-state index contributed by atoms with van der Waals surface area (Å²) >= 11 is 0. The molecular weight excluding hydrogens is 231 g/mol. The molecule has 18 heavy (non-hydrogen) atoms. The number of aromatic nitrogens is 1. The van der Waals surface area contributed by atoms with Crippen molar-refractivity contribution in [1.29, 1.82) is 0 Å². The van der Waals surface area contributed by atoms with Crippen LogP contribution in [0.1, 0.15) is 18.5 Å². The quantitative estimate of drug-likeness (QED) is 0.840. The van der Waals surface area contributed by atoms with Crippen LogP contribution in [0.3, 0.4) is 0 Å². The van der Waals surface area contributed by atoms with Gasteiger partial charge >= 0.3 is 0 Å². The molecule has 0 aliphatic rings. The second kappa shape index (κ2) is 5.40. The molecule has 3 nitrogen and oxygen atoms in total. The van der Waals surface area contributed by atoms with Crippen LogP contribution in [-0.2, 0) is 4.79 Å². The van der Waals surface area contributed by atoms with E-state index in [9.17, 15) is 9.18 Å². The number of halogens is 1. The highest BCUT2D eigenvalue weighted by Gasteiger charge is 2.06. The molecule has 0 saturated carbocycles. The predicted molar refractivity (Wildman–Crippen MR) is 67.2 cm³/mol. The van der Waals surface area contributed by atoms with E-state index < -0.39 is 0 Å². The van der Waals surface area contributed by atoms with Gasteiger partial charge in [0.2, 0.25) is 6.41 Å². The number of carbonyl (C=O) groups is 1. The third-order valence-electron chi connectivity index (χ3n) is 2.81.